The minimum absolute atomic E-state index is 0.104. The van der Waals surface area contributed by atoms with Gasteiger partial charge in [0.1, 0.15) is 0 Å². The second kappa shape index (κ2) is 7.71. The molecule has 0 radical (unpaired) electrons. The fourth-order valence-corrected chi connectivity index (χ4v) is 3.09. The van der Waals surface area contributed by atoms with Crippen molar-refractivity contribution < 1.29 is 4.79 Å². The Bertz CT molecular complexity index is 640. The number of carbonyl (C=O) groups excluding carboxylic acids is 1. The van der Waals surface area contributed by atoms with Crippen molar-refractivity contribution in [2.24, 2.45) is 0 Å². The quantitative estimate of drug-likeness (QED) is 0.456. The number of hydrogen-bond donors (Lipinski definition) is 0. The highest BCUT2D eigenvalue weighted by Crippen LogP contribution is 2.24. The summed E-state index contributed by atoms with van der Waals surface area (Å²) in [5, 5.41) is 1.21. The molecular formula is C18H16Br2O. The van der Waals surface area contributed by atoms with E-state index >= 15 is 0 Å². The number of halogens is 2. The van der Waals surface area contributed by atoms with Gasteiger partial charge in [0.2, 0.25) is 0 Å². The van der Waals surface area contributed by atoms with Crippen LogP contribution in [-0.4, -0.2) is 16.4 Å². The van der Waals surface area contributed by atoms with Crippen molar-refractivity contribution in [3.8, 4) is 11.1 Å². The molecule has 0 N–H and O–H groups in total. The predicted molar refractivity (Wildman–Crippen MR) is 97.4 cm³/mol. The van der Waals surface area contributed by atoms with Gasteiger partial charge in [-0.2, -0.15) is 0 Å². The van der Waals surface area contributed by atoms with Crippen LogP contribution in [0.5, 0.6) is 0 Å². The summed E-state index contributed by atoms with van der Waals surface area (Å²) in [5.74, 6) is 0.104. The number of benzene rings is 2. The van der Waals surface area contributed by atoms with Crippen LogP contribution in [0.2, 0.25) is 0 Å². The van der Waals surface area contributed by atoms with Gasteiger partial charge in [0.15, 0.2) is 5.78 Å². The zero-order valence-corrected chi connectivity index (χ0v) is 14.9. The van der Waals surface area contributed by atoms with E-state index < -0.39 is 0 Å². The average Bonchev–Trinajstić information content (AvgIpc) is 2.56. The predicted octanol–water partition coefficient (Wildman–Crippen LogP) is 5.73. The third-order valence-corrected chi connectivity index (χ3v) is 4.52. The van der Waals surface area contributed by atoms with E-state index in [-0.39, 0.29) is 5.78 Å². The average molecular weight is 408 g/mol. The summed E-state index contributed by atoms with van der Waals surface area (Å²) in [6, 6.07) is 16.2. The number of alkyl halides is 2. The van der Waals surface area contributed by atoms with Gasteiger partial charge in [-0.05, 0) is 29.2 Å². The highest BCUT2D eigenvalue weighted by Gasteiger charge is 2.05. The number of allylic oxidation sites excluding steroid dienone is 2. The number of ketones is 1. The van der Waals surface area contributed by atoms with Crippen molar-refractivity contribution in [2.45, 2.75) is 6.92 Å². The summed E-state index contributed by atoms with van der Waals surface area (Å²) in [6.07, 6.45) is 2.12. The Morgan fingerprint density at radius 2 is 1.33 bits per heavy atom. The zero-order chi connectivity index (χ0) is 15.2. The van der Waals surface area contributed by atoms with Gasteiger partial charge in [0.25, 0.3) is 0 Å². The molecule has 0 spiro atoms. The first-order valence-corrected chi connectivity index (χ1v) is 8.95. The molecule has 0 aliphatic rings. The molecule has 108 valence electrons. The molecule has 0 amide bonds. The maximum Gasteiger partial charge on any atom is 0.173 e. The summed E-state index contributed by atoms with van der Waals surface area (Å²) in [4.78, 5) is 11.6. The number of rotatable bonds is 5. The molecule has 21 heavy (non-hydrogen) atoms. The molecule has 0 aliphatic carbocycles. The van der Waals surface area contributed by atoms with Gasteiger partial charge in [0.05, 0.1) is 5.33 Å². The highest BCUT2D eigenvalue weighted by molar-refractivity contribution is 9.09. The molecule has 0 heterocycles. The fourth-order valence-electron chi connectivity index (χ4n) is 2.12. The first-order valence-electron chi connectivity index (χ1n) is 6.70. The van der Waals surface area contributed by atoms with Crippen LogP contribution in [-0.2, 0) is 0 Å². The number of carbonyl (C=O) groups is 1. The topological polar surface area (TPSA) is 17.1 Å². The third kappa shape index (κ3) is 3.92. The molecule has 0 aliphatic heterocycles. The van der Waals surface area contributed by atoms with Crippen LogP contribution < -0.4 is 0 Å². The molecule has 2 rings (SSSR count). The summed E-state index contributed by atoms with van der Waals surface area (Å²) in [7, 11) is 0. The van der Waals surface area contributed by atoms with Crippen molar-refractivity contribution in [3.63, 3.8) is 0 Å². The van der Waals surface area contributed by atoms with Crippen LogP contribution in [0.3, 0.4) is 0 Å². The largest absolute Gasteiger partial charge is 0.293 e. The van der Waals surface area contributed by atoms with Crippen LogP contribution in [0.15, 0.2) is 54.6 Å². The third-order valence-electron chi connectivity index (χ3n) is 3.41. The molecule has 0 fully saturated rings. The minimum atomic E-state index is 0.104. The first-order chi connectivity index (χ1) is 10.2. The fraction of sp³-hybridized carbons (Fsp3) is 0.167. The normalized spacial score (nSPS) is 11.5. The lowest BCUT2D eigenvalue weighted by Crippen LogP contribution is -1.98. The van der Waals surface area contributed by atoms with E-state index in [1.165, 1.54) is 11.1 Å². The Kier molecular flexibility index (Phi) is 5.95. The van der Waals surface area contributed by atoms with E-state index in [9.17, 15) is 4.79 Å². The smallest absolute Gasteiger partial charge is 0.173 e. The van der Waals surface area contributed by atoms with Gasteiger partial charge in [-0.3, -0.25) is 4.79 Å². The minimum Gasteiger partial charge on any atom is -0.293 e. The summed E-state index contributed by atoms with van der Waals surface area (Å²) in [6.45, 7) is 2.05. The first kappa shape index (κ1) is 16.2. The van der Waals surface area contributed by atoms with E-state index in [1.54, 1.807) is 0 Å². The molecule has 2 aromatic carbocycles. The van der Waals surface area contributed by atoms with Gasteiger partial charge in [-0.25, -0.2) is 0 Å². The van der Waals surface area contributed by atoms with Crippen LogP contribution in [0.25, 0.3) is 16.7 Å². The van der Waals surface area contributed by atoms with Crippen molar-refractivity contribution >= 4 is 43.2 Å². The molecular weight excluding hydrogens is 392 g/mol. The Balaban J connectivity index is 2.25. The molecule has 1 nitrogen and oxygen atoms in total. The maximum absolute atomic E-state index is 11.6. The second-order valence-electron chi connectivity index (χ2n) is 4.66. The molecule has 0 saturated heterocycles. The maximum atomic E-state index is 11.6. The highest BCUT2D eigenvalue weighted by atomic mass is 79.9. The van der Waals surface area contributed by atoms with Crippen LogP contribution in [0.4, 0.5) is 0 Å². The molecule has 2 aromatic rings. The Morgan fingerprint density at radius 1 is 0.857 bits per heavy atom. The molecule has 0 saturated carbocycles. The van der Waals surface area contributed by atoms with Crippen molar-refractivity contribution in [3.05, 3.63) is 65.7 Å². The Hall–Kier alpha value is -1.19. The molecule has 0 unspecified atom stereocenters. The van der Waals surface area contributed by atoms with E-state index in [2.05, 4.69) is 62.2 Å². The lowest BCUT2D eigenvalue weighted by atomic mass is 9.99. The molecule has 0 bridgehead atoms. The number of hydrogen-bond acceptors (Lipinski definition) is 1. The van der Waals surface area contributed by atoms with E-state index in [0.29, 0.717) is 5.33 Å². The van der Waals surface area contributed by atoms with Gasteiger partial charge in [-0.1, -0.05) is 86.5 Å². The van der Waals surface area contributed by atoms with Crippen molar-refractivity contribution in [1.82, 2.24) is 0 Å². The lowest BCUT2D eigenvalue weighted by molar-refractivity contribution is 0.102. The van der Waals surface area contributed by atoms with E-state index in [4.69, 9.17) is 0 Å². The van der Waals surface area contributed by atoms with Crippen molar-refractivity contribution in [2.75, 3.05) is 10.7 Å². The van der Waals surface area contributed by atoms with Crippen LogP contribution in [0, 0.1) is 0 Å². The summed E-state index contributed by atoms with van der Waals surface area (Å²) >= 11 is 6.69. The second-order valence-corrected chi connectivity index (χ2v) is 5.78. The summed E-state index contributed by atoms with van der Waals surface area (Å²) < 4.78 is 0. The Labute approximate surface area is 142 Å². The van der Waals surface area contributed by atoms with E-state index in [1.807, 2.05) is 31.2 Å². The van der Waals surface area contributed by atoms with E-state index in [0.717, 1.165) is 22.0 Å². The zero-order valence-electron chi connectivity index (χ0n) is 11.8. The Morgan fingerprint density at radius 3 is 1.71 bits per heavy atom. The van der Waals surface area contributed by atoms with Gasteiger partial charge in [-0.15, -0.1) is 0 Å². The SMILES string of the molecule is C/C=C(/CBr)c1ccc(-c2ccc(C(=O)CBr)cc2)cc1. The molecule has 0 atom stereocenters. The lowest BCUT2D eigenvalue weighted by Gasteiger charge is -2.07. The van der Waals surface area contributed by atoms with Gasteiger partial charge < -0.3 is 0 Å². The van der Waals surface area contributed by atoms with Gasteiger partial charge in [0, 0.05) is 10.9 Å². The summed E-state index contributed by atoms with van der Waals surface area (Å²) in [5.41, 5.74) is 5.52. The van der Waals surface area contributed by atoms with Crippen molar-refractivity contribution in [1.29, 1.82) is 0 Å². The molecule has 0 aromatic heterocycles. The van der Waals surface area contributed by atoms with Gasteiger partial charge >= 0.3 is 0 Å². The monoisotopic (exact) mass is 406 g/mol. The van der Waals surface area contributed by atoms with Crippen LogP contribution >= 0.6 is 31.9 Å². The molecule has 3 heteroatoms. The standard InChI is InChI=1S/C18H16Br2O/c1-2-13(11-19)14-3-5-15(6-4-14)16-7-9-17(10-8-16)18(21)12-20/h2-10H,11-12H2,1H3/b13-2-. The number of Topliss-reactive ketones (excluding diaryl/α,β-unsaturated/α-hetero) is 1. The van der Waals surface area contributed by atoms with Crippen LogP contribution in [0.1, 0.15) is 22.8 Å².